The van der Waals surface area contributed by atoms with Gasteiger partial charge in [0, 0.05) is 26.3 Å². The fourth-order valence-corrected chi connectivity index (χ4v) is 3.06. The molecule has 0 aromatic carbocycles. The summed E-state index contributed by atoms with van der Waals surface area (Å²) >= 11 is 0. The van der Waals surface area contributed by atoms with Gasteiger partial charge in [-0.15, -0.1) is 5.10 Å². The van der Waals surface area contributed by atoms with E-state index in [0.717, 1.165) is 12.8 Å². The Labute approximate surface area is 142 Å². The summed E-state index contributed by atoms with van der Waals surface area (Å²) in [7, 11) is 1.79. The summed E-state index contributed by atoms with van der Waals surface area (Å²) in [6, 6.07) is 1.76. The third-order valence-corrected chi connectivity index (χ3v) is 4.42. The maximum atomic E-state index is 12.8. The van der Waals surface area contributed by atoms with Gasteiger partial charge in [0.15, 0.2) is 5.65 Å². The second kappa shape index (κ2) is 7.25. The Morgan fingerprint density at radius 1 is 1.46 bits per heavy atom. The summed E-state index contributed by atoms with van der Waals surface area (Å²) in [5, 5.41) is 7.96. The average Bonchev–Trinajstić information content (AvgIpc) is 2.95. The van der Waals surface area contributed by atoms with Crippen molar-refractivity contribution >= 4 is 17.1 Å². The maximum Gasteiger partial charge on any atom is 0.255 e. The Balaban J connectivity index is 1.64. The highest BCUT2D eigenvalue weighted by Crippen LogP contribution is 2.17. The molecule has 0 saturated carbocycles. The van der Waals surface area contributed by atoms with Gasteiger partial charge < -0.3 is 9.64 Å². The summed E-state index contributed by atoms with van der Waals surface area (Å²) in [6.45, 7) is 6.33. The van der Waals surface area contributed by atoms with Crippen LogP contribution in [-0.4, -0.2) is 56.6 Å². The molecule has 3 heterocycles. The van der Waals surface area contributed by atoms with Gasteiger partial charge >= 0.3 is 0 Å². The molecule has 7 heteroatoms. The van der Waals surface area contributed by atoms with Gasteiger partial charge in [-0.3, -0.25) is 4.79 Å². The molecular weight excluding hydrogens is 306 g/mol. The molecule has 0 N–H and O–H groups in total. The number of hydrogen-bond donors (Lipinski definition) is 0. The van der Waals surface area contributed by atoms with Gasteiger partial charge in [-0.2, -0.15) is 0 Å². The van der Waals surface area contributed by atoms with Crippen molar-refractivity contribution < 1.29 is 9.53 Å². The van der Waals surface area contributed by atoms with Crippen molar-refractivity contribution in [1.82, 2.24) is 24.9 Å². The fraction of sp³-hybridized carbons (Fsp3) is 0.647. The average molecular weight is 331 g/mol. The van der Waals surface area contributed by atoms with E-state index in [2.05, 4.69) is 29.1 Å². The minimum Gasteiger partial charge on any atom is -0.375 e. The highest BCUT2D eigenvalue weighted by Gasteiger charge is 2.25. The van der Waals surface area contributed by atoms with Crippen molar-refractivity contribution in [3.63, 3.8) is 0 Å². The molecule has 0 spiro atoms. The molecule has 0 radical (unpaired) electrons. The molecule has 24 heavy (non-hydrogen) atoms. The summed E-state index contributed by atoms with van der Waals surface area (Å²) < 4.78 is 7.41. The fourth-order valence-electron chi connectivity index (χ4n) is 3.06. The summed E-state index contributed by atoms with van der Waals surface area (Å²) in [6.07, 6.45) is 5.08. The molecule has 3 rings (SSSR count). The lowest BCUT2D eigenvalue weighted by atomic mass is 10.0. The molecule has 1 saturated heterocycles. The number of nitrogens with zero attached hydrogens (tertiary/aromatic N) is 5. The molecule has 1 fully saturated rings. The Bertz CT molecular complexity index is 712. The van der Waals surface area contributed by atoms with Crippen LogP contribution in [0.3, 0.4) is 0 Å². The standard InChI is InChI=1S/C17H25N5O2/c1-12(2)5-4-6-14-11-22(7-8-24-14)17(23)13-9-15-16(18-10-13)21(3)20-19-15/h9-10,12,14H,4-8,11H2,1-3H3/t14-/m1/s1. The van der Waals surface area contributed by atoms with Crippen LogP contribution in [0.1, 0.15) is 43.5 Å². The van der Waals surface area contributed by atoms with Crippen molar-refractivity contribution in [2.24, 2.45) is 13.0 Å². The molecule has 1 aliphatic rings. The molecule has 1 atom stereocenters. The monoisotopic (exact) mass is 331 g/mol. The van der Waals surface area contributed by atoms with Crippen molar-refractivity contribution in [2.45, 2.75) is 39.2 Å². The normalized spacial score (nSPS) is 18.5. The number of carbonyl (C=O) groups is 1. The zero-order chi connectivity index (χ0) is 17.1. The second-order valence-electron chi connectivity index (χ2n) is 6.85. The van der Waals surface area contributed by atoms with Crippen molar-refractivity contribution in [2.75, 3.05) is 19.7 Å². The third kappa shape index (κ3) is 3.72. The van der Waals surface area contributed by atoms with Gasteiger partial charge in [-0.05, 0) is 18.4 Å². The summed E-state index contributed by atoms with van der Waals surface area (Å²) in [5.41, 5.74) is 1.89. The third-order valence-electron chi connectivity index (χ3n) is 4.42. The van der Waals surface area contributed by atoms with Crippen LogP contribution in [0.25, 0.3) is 11.2 Å². The van der Waals surface area contributed by atoms with Crippen LogP contribution >= 0.6 is 0 Å². The largest absolute Gasteiger partial charge is 0.375 e. The molecule has 0 unspecified atom stereocenters. The molecule has 7 nitrogen and oxygen atoms in total. The summed E-state index contributed by atoms with van der Waals surface area (Å²) in [5.74, 6) is 0.698. The number of amides is 1. The second-order valence-corrected chi connectivity index (χ2v) is 6.85. The van der Waals surface area contributed by atoms with Crippen LogP contribution in [0.15, 0.2) is 12.3 Å². The van der Waals surface area contributed by atoms with Gasteiger partial charge in [-0.1, -0.05) is 31.9 Å². The van der Waals surface area contributed by atoms with E-state index < -0.39 is 0 Å². The predicted octanol–water partition coefficient (Wildman–Crippen LogP) is 2.03. The number of rotatable bonds is 5. The molecule has 2 aromatic rings. The first-order chi connectivity index (χ1) is 11.5. The molecule has 1 aliphatic heterocycles. The molecule has 2 aromatic heterocycles. The Hall–Kier alpha value is -2.02. The first kappa shape index (κ1) is 16.8. The van der Waals surface area contributed by atoms with E-state index in [1.807, 2.05) is 4.90 Å². The first-order valence-electron chi connectivity index (χ1n) is 8.61. The van der Waals surface area contributed by atoms with Crippen molar-refractivity contribution in [3.8, 4) is 0 Å². The van der Waals surface area contributed by atoms with Gasteiger partial charge in [0.2, 0.25) is 0 Å². The lowest BCUT2D eigenvalue weighted by Gasteiger charge is -2.33. The number of pyridine rings is 1. The molecule has 130 valence electrons. The zero-order valence-electron chi connectivity index (χ0n) is 14.6. The number of fused-ring (bicyclic) bond motifs is 1. The van der Waals surface area contributed by atoms with E-state index in [0.29, 0.717) is 42.3 Å². The number of aromatic nitrogens is 4. The van der Waals surface area contributed by atoms with Crippen LogP contribution in [0.5, 0.6) is 0 Å². The number of ether oxygens (including phenoxy) is 1. The SMILES string of the molecule is CC(C)CCC[C@@H]1CN(C(=O)c2cnc3c(c2)nnn3C)CCO1. The highest BCUT2D eigenvalue weighted by molar-refractivity contribution is 5.96. The Morgan fingerprint density at radius 2 is 2.29 bits per heavy atom. The number of morpholine rings is 1. The molecule has 0 bridgehead atoms. The minimum absolute atomic E-state index is 0.00721. The van der Waals surface area contributed by atoms with Crippen LogP contribution in [0.2, 0.25) is 0 Å². The van der Waals surface area contributed by atoms with E-state index in [1.165, 1.54) is 6.42 Å². The predicted molar refractivity (Wildman–Crippen MR) is 90.6 cm³/mol. The van der Waals surface area contributed by atoms with Crippen molar-refractivity contribution in [1.29, 1.82) is 0 Å². The van der Waals surface area contributed by atoms with Crippen molar-refractivity contribution in [3.05, 3.63) is 17.8 Å². The van der Waals surface area contributed by atoms with Gasteiger partial charge in [0.1, 0.15) is 5.52 Å². The number of carbonyl (C=O) groups excluding carboxylic acids is 1. The van der Waals surface area contributed by atoms with E-state index in [-0.39, 0.29) is 12.0 Å². The van der Waals surface area contributed by atoms with Crippen LogP contribution in [0, 0.1) is 5.92 Å². The van der Waals surface area contributed by atoms with Gasteiger partial charge in [0.25, 0.3) is 5.91 Å². The lowest BCUT2D eigenvalue weighted by Crippen LogP contribution is -2.45. The molecule has 0 aliphatic carbocycles. The molecule has 1 amide bonds. The Kier molecular flexibility index (Phi) is 5.08. The van der Waals surface area contributed by atoms with Crippen LogP contribution < -0.4 is 0 Å². The number of aryl methyl sites for hydroxylation is 1. The van der Waals surface area contributed by atoms with E-state index in [9.17, 15) is 4.79 Å². The maximum absolute atomic E-state index is 12.8. The van der Waals surface area contributed by atoms with Gasteiger partial charge in [0.05, 0.1) is 18.3 Å². The zero-order valence-corrected chi connectivity index (χ0v) is 14.6. The van der Waals surface area contributed by atoms with Gasteiger partial charge in [-0.25, -0.2) is 9.67 Å². The van der Waals surface area contributed by atoms with E-state index in [4.69, 9.17) is 4.74 Å². The van der Waals surface area contributed by atoms with Crippen LogP contribution in [0.4, 0.5) is 0 Å². The van der Waals surface area contributed by atoms with E-state index in [1.54, 1.807) is 24.0 Å². The summed E-state index contributed by atoms with van der Waals surface area (Å²) in [4.78, 5) is 18.9. The quantitative estimate of drug-likeness (QED) is 0.838. The van der Waals surface area contributed by atoms with E-state index >= 15 is 0 Å². The number of hydrogen-bond acceptors (Lipinski definition) is 5. The molecular formula is C17H25N5O2. The first-order valence-corrected chi connectivity index (χ1v) is 8.61. The lowest BCUT2D eigenvalue weighted by molar-refractivity contribution is -0.0260. The topological polar surface area (TPSA) is 73.1 Å². The highest BCUT2D eigenvalue weighted by atomic mass is 16.5. The smallest absolute Gasteiger partial charge is 0.255 e. The van der Waals surface area contributed by atoms with Crippen LogP contribution in [-0.2, 0) is 11.8 Å². The minimum atomic E-state index is -0.00721. The Morgan fingerprint density at radius 3 is 3.08 bits per heavy atom.